The van der Waals surface area contributed by atoms with Gasteiger partial charge >= 0.3 is 11.1 Å². The molecule has 17 heavy (non-hydrogen) atoms. The Kier molecular flexibility index (Phi) is 3.10. The van der Waals surface area contributed by atoms with Gasteiger partial charge in [-0.2, -0.15) is 0 Å². The summed E-state index contributed by atoms with van der Waals surface area (Å²) in [6, 6.07) is 3.31. The van der Waals surface area contributed by atoms with Crippen LogP contribution in [0.5, 0.6) is 0 Å². The summed E-state index contributed by atoms with van der Waals surface area (Å²) in [6.45, 7) is 0.232. The molecule has 2 heterocycles. The summed E-state index contributed by atoms with van der Waals surface area (Å²) < 4.78 is 2.55. The van der Waals surface area contributed by atoms with Crippen molar-refractivity contribution in [2.45, 2.75) is 6.54 Å². The van der Waals surface area contributed by atoms with Crippen molar-refractivity contribution in [1.82, 2.24) is 14.1 Å². The molecule has 0 unspecified atom stereocenters. The van der Waals surface area contributed by atoms with Crippen LogP contribution in [-0.2, 0) is 13.6 Å². The van der Waals surface area contributed by atoms with Crippen LogP contribution in [0.2, 0.25) is 5.02 Å². The van der Waals surface area contributed by atoms with Crippen LogP contribution < -0.4 is 11.1 Å². The number of aryl methyl sites for hydroxylation is 1. The van der Waals surface area contributed by atoms with Crippen LogP contribution in [0.3, 0.4) is 0 Å². The molecular formula is C11H10ClN3O2. The Hall–Kier alpha value is -1.88. The molecule has 0 bridgehead atoms. The largest absolute Gasteiger partial charge is 0.316 e. The highest BCUT2D eigenvalue weighted by molar-refractivity contribution is 6.30. The summed E-state index contributed by atoms with van der Waals surface area (Å²) in [5, 5.41) is 0.548. The molecule has 6 heteroatoms. The zero-order chi connectivity index (χ0) is 12.4. The van der Waals surface area contributed by atoms with Gasteiger partial charge in [-0.1, -0.05) is 11.6 Å². The molecule has 0 aromatic carbocycles. The van der Waals surface area contributed by atoms with Gasteiger partial charge in [0.25, 0.3) is 0 Å². The molecule has 0 N–H and O–H groups in total. The Morgan fingerprint density at radius 1 is 1.29 bits per heavy atom. The third kappa shape index (κ3) is 2.45. The van der Waals surface area contributed by atoms with Crippen molar-refractivity contribution in [3.8, 4) is 0 Å². The quantitative estimate of drug-likeness (QED) is 0.736. The van der Waals surface area contributed by atoms with E-state index in [1.54, 1.807) is 24.5 Å². The van der Waals surface area contributed by atoms with Gasteiger partial charge in [-0.05, 0) is 12.1 Å². The predicted molar refractivity (Wildman–Crippen MR) is 64.3 cm³/mol. The van der Waals surface area contributed by atoms with Crippen LogP contribution in [0.1, 0.15) is 5.69 Å². The molecule has 0 aliphatic heterocycles. The van der Waals surface area contributed by atoms with Crippen molar-refractivity contribution in [3.05, 3.63) is 62.1 Å². The maximum Gasteiger partial charge on any atom is 0.316 e. The molecule has 0 saturated carbocycles. The Bertz CT molecular complexity index is 660. The molecule has 2 rings (SSSR count). The molecule has 0 amide bonds. The molecule has 88 valence electrons. The van der Waals surface area contributed by atoms with Crippen molar-refractivity contribution < 1.29 is 0 Å². The van der Waals surface area contributed by atoms with Crippen molar-refractivity contribution >= 4 is 11.6 Å². The summed E-state index contributed by atoms with van der Waals surface area (Å²) in [5.74, 6) is 0. The van der Waals surface area contributed by atoms with Gasteiger partial charge in [-0.25, -0.2) is 0 Å². The number of rotatable bonds is 2. The molecule has 0 saturated heterocycles. The van der Waals surface area contributed by atoms with Crippen LogP contribution in [0, 0.1) is 0 Å². The third-order valence-electron chi connectivity index (χ3n) is 2.35. The number of halogens is 1. The molecular weight excluding hydrogens is 242 g/mol. The molecule has 2 aromatic heterocycles. The molecule has 0 radical (unpaired) electrons. The van der Waals surface area contributed by atoms with Crippen molar-refractivity contribution in [2.24, 2.45) is 7.05 Å². The number of pyridine rings is 1. The van der Waals surface area contributed by atoms with Gasteiger partial charge in [0.1, 0.15) is 0 Å². The summed E-state index contributed by atoms with van der Waals surface area (Å²) in [7, 11) is 1.53. The fraction of sp³-hybridized carbons (Fsp3) is 0.182. The standard InChI is InChI=1S/C11H10ClN3O2/c1-14-4-5-15(11(17)10(14)16)7-9-6-8(12)2-3-13-9/h2-6H,7H2,1H3. The van der Waals surface area contributed by atoms with E-state index in [1.807, 2.05) is 0 Å². The normalized spacial score (nSPS) is 10.5. The van der Waals surface area contributed by atoms with Crippen LogP contribution in [0.15, 0.2) is 40.3 Å². The summed E-state index contributed by atoms with van der Waals surface area (Å²) in [5.41, 5.74) is -0.501. The fourth-order valence-corrected chi connectivity index (χ4v) is 1.61. The number of hydrogen-bond acceptors (Lipinski definition) is 3. The molecule has 0 aliphatic rings. The Labute approximate surface area is 102 Å². The lowest BCUT2D eigenvalue weighted by atomic mass is 10.3. The molecule has 0 spiro atoms. The zero-order valence-corrected chi connectivity index (χ0v) is 9.89. The average molecular weight is 252 g/mol. The van der Waals surface area contributed by atoms with E-state index in [2.05, 4.69) is 4.98 Å². The first kappa shape index (κ1) is 11.6. The van der Waals surface area contributed by atoms with E-state index in [0.717, 1.165) is 0 Å². The Morgan fingerprint density at radius 2 is 2.06 bits per heavy atom. The second kappa shape index (κ2) is 4.55. The van der Waals surface area contributed by atoms with E-state index in [0.29, 0.717) is 10.7 Å². The van der Waals surface area contributed by atoms with Gasteiger partial charge in [0.05, 0.1) is 12.2 Å². The van der Waals surface area contributed by atoms with Gasteiger partial charge in [0.15, 0.2) is 0 Å². The van der Waals surface area contributed by atoms with E-state index < -0.39 is 11.1 Å². The SMILES string of the molecule is Cn1ccn(Cc2cc(Cl)ccn2)c(=O)c1=O. The molecule has 0 fully saturated rings. The fourth-order valence-electron chi connectivity index (χ4n) is 1.42. The van der Waals surface area contributed by atoms with E-state index in [-0.39, 0.29) is 6.54 Å². The van der Waals surface area contributed by atoms with Crippen LogP contribution in [-0.4, -0.2) is 14.1 Å². The minimum absolute atomic E-state index is 0.232. The van der Waals surface area contributed by atoms with Gasteiger partial charge in [-0.15, -0.1) is 0 Å². The highest BCUT2D eigenvalue weighted by atomic mass is 35.5. The summed E-state index contributed by atoms with van der Waals surface area (Å²) in [6.07, 6.45) is 4.64. The lowest BCUT2D eigenvalue weighted by Crippen LogP contribution is -2.39. The van der Waals surface area contributed by atoms with E-state index >= 15 is 0 Å². The minimum atomic E-state index is -0.572. The van der Waals surface area contributed by atoms with Gasteiger partial charge in [0.2, 0.25) is 0 Å². The lowest BCUT2D eigenvalue weighted by Gasteiger charge is -2.05. The monoisotopic (exact) mass is 251 g/mol. The molecule has 5 nitrogen and oxygen atoms in total. The van der Waals surface area contributed by atoms with Crippen molar-refractivity contribution in [3.63, 3.8) is 0 Å². The summed E-state index contributed by atoms with van der Waals surface area (Å²) >= 11 is 5.81. The lowest BCUT2D eigenvalue weighted by molar-refractivity contribution is 0.684. The summed E-state index contributed by atoms with van der Waals surface area (Å²) in [4.78, 5) is 27.2. The number of nitrogens with zero attached hydrogens (tertiary/aromatic N) is 3. The second-order valence-electron chi connectivity index (χ2n) is 3.61. The van der Waals surface area contributed by atoms with Crippen LogP contribution >= 0.6 is 11.6 Å². The highest BCUT2D eigenvalue weighted by Gasteiger charge is 2.04. The second-order valence-corrected chi connectivity index (χ2v) is 4.05. The van der Waals surface area contributed by atoms with Gasteiger partial charge in [0, 0.05) is 30.7 Å². The predicted octanol–water partition coefficient (Wildman–Crippen LogP) is 0.644. The van der Waals surface area contributed by atoms with E-state index in [1.165, 1.54) is 22.4 Å². The topological polar surface area (TPSA) is 56.9 Å². The van der Waals surface area contributed by atoms with E-state index in [9.17, 15) is 9.59 Å². The molecule has 2 aromatic rings. The number of aromatic nitrogens is 3. The smallest absolute Gasteiger partial charge is 0.312 e. The maximum atomic E-state index is 11.6. The maximum absolute atomic E-state index is 11.6. The minimum Gasteiger partial charge on any atom is -0.312 e. The first-order chi connectivity index (χ1) is 8.08. The van der Waals surface area contributed by atoms with Crippen LogP contribution in [0.4, 0.5) is 0 Å². The van der Waals surface area contributed by atoms with Gasteiger partial charge < -0.3 is 9.13 Å². The molecule has 0 aliphatic carbocycles. The average Bonchev–Trinajstić information content (AvgIpc) is 2.30. The highest BCUT2D eigenvalue weighted by Crippen LogP contribution is 2.08. The Balaban J connectivity index is 2.41. The van der Waals surface area contributed by atoms with Crippen molar-refractivity contribution in [1.29, 1.82) is 0 Å². The van der Waals surface area contributed by atoms with Crippen LogP contribution in [0.25, 0.3) is 0 Å². The first-order valence-electron chi connectivity index (χ1n) is 4.94. The number of hydrogen-bond donors (Lipinski definition) is 0. The molecule has 0 atom stereocenters. The Morgan fingerprint density at radius 3 is 2.76 bits per heavy atom. The van der Waals surface area contributed by atoms with Crippen molar-refractivity contribution in [2.75, 3.05) is 0 Å². The van der Waals surface area contributed by atoms with Gasteiger partial charge in [-0.3, -0.25) is 14.6 Å². The van der Waals surface area contributed by atoms with E-state index in [4.69, 9.17) is 11.6 Å². The zero-order valence-electron chi connectivity index (χ0n) is 9.13. The first-order valence-corrected chi connectivity index (χ1v) is 5.32. The third-order valence-corrected chi connectivity index (χ3v) is 2.58.